The summed E-state index contributed by atoms with van der Waals surface area (Å²) in [6.45, 7) is 5.71. The molecule has 0 aromatic heterocycles. The van der Waals surface area contributed by atoms with Crippen molar-refractivity contribution in [1.29, 1.82) is 0 Å². The van der Waals surface area contributed by atoms with Gasteiger partial charge in [-0.2, -0.15) is 0 Å². The van der Waals surface area contributed by atoms with Crippen LogP contribution in [0.1, 0.15) is 124 Å². The second kappa shape index (κ2) is 19.8. The first-order valence-corrected chi connectivity index (χ1v) is 12.6. The molecule has 5 nitrogen and oxygen atoms in total. The van der Waals surface area contributed by atoms with E-state index in [1.165, 1.54) is 84.0 Å². The van der Waals surface area contributed by atoms with Gasteiger partial charge in [-0.05, 0) is 26.9 Å². The normalized spacial score (nSPS) is 13.3. The fraction of sp³-hybridized carbons (Fsp3) is 0.920. The molecule has 0 aliphatic heterocycles. The Morgan fingerprint density at radius 3 is 1.57 bits per heavy atom. The molecule has 30 heavy (non-hydrogen) atoms. The topological polar surface area (TPSA) is 58.6 Å². The van der Waals surface area contributed by atoms with E-state index in [2.05, 4.69) is 12.2 Å². The average molecular weight is 427 g/mol. The third-order valence-corrected chi connectivity index (χ3v) is 5.69. The van der Waals surface area contributed by atoms with Gasteiger partial charge in [0.2, 0.25) is 5.91 Å². The minimum atomic E-state index is -0.533. The number of carbonyl (C=O) groups is 2. The molecule has 0 fully saturated rings. The maximum Gasteiger partial charge on any atom is 0.330 e. The number of carbonyl (C=O) groups excluding carboxylic acids is 2. The molecule has 0 heterocycles. The number of rotatable bonds is 20. The van der Waals surface area contributed by atoms with E-state index < -0.39 is 6.04 Å². The maximum absolute atomic E-state index is 12.5. The molecule has 5 heteroatoms. The number of ether oxygens (including phenoxy) is 1. The van der Waals surface area contributed by atoms with Crippen LogP contribution in [-0.4, -0.2) is 43.1 Å². The average Bonchev–Trinajstić information content (AvgIpc) is 2.70. The van der Waals surface area contributed by atoms with Crippen molar-refractivity contribution in [2.45, 2.75) is 136 Å². The summed E-state index contributed by atoms with van der Waals surface area (Å²) < 4.78 is 5.57. The fourth-order valence-corrected chi connectivity index (χ4v) is 3.81. The predicted octanol–water partition coefficient (Wildman–Crippen LogP) is 6.20. The minimum Gasteiger partial charge on any atom is -0.445 e. The molecule has 0 rings (SSSR count). The van der Waals surface area contributed by atoms with Crippen molar-refractivity contribution in [3.05, 3.63) is 0 Å². The van der Waals surface area contributed by atoms with Gasteiger partial charge in [0.15, 0.2) is 6.23 Å². The van der Waals surface area contributed by atoms with Crippen molar-refractivity contribution in [3.63, 3.8) is 0 Å². The molecule has 1 amide bonds. The number of hydrogen-bond donors (Lipinski definition) is 1. The summed E-state index contributed by atoms with van der Waals surface area (Å²) in [6, 6.07) is -0.533. The molecular formula is C25H50N2O3. The van der Waals surface area contributed by atoms with Gasteiger partial charge in [0.1, 0.15) is 6.04 Å². The van der Waals surface area contributed by atoms with Crippen LogP contribution in [0.2, 0.25) is 0 Å². The van der Waals surface area contributed by atoms with E-state index in [4.69, 9.17) is 4.74 Å². The Morgan fingerprint density at radius 2 is 1.20 bits per heavy atom. The van der Waals surface area contributed by atoms with Crippen molar-refractivity contribution < 1.29 is 14.3 Å². The smallest absolute Gasteiger partial charge is 0.330 e. The Hall–Kier alpha value is -1.10. The monoisotopic (exact) mass is 426 g/mol. The molecule has 0 radical (unpaired) electrons. The Kier molecular flexibility index (Phi) is 19.1. The molecule has 1 N–H and O–H groups in total. The summed E-state index contributed by atoms with van der Waals surface area (Å²) in [6.07, 6.45) is 19.4. The summed E-state index contributed by atoms with van der Waals surface area (Å²) >= 11 is 0. The van der Waals surface area contributed by atoms with Crippen LogP contribution in [-0.2, 0) is 14.3 Å². The highest BCUT2D eigenvalue weighted by Crippen LogP contribution is 2.14. The molecule has 0 aliphatic carbocycles. The first-order valence-electron chi connectivity index (χ1n) is 12.6. The number of nitrogens with zero attached hydrogens (tertiary/aromatic N) is 1. The molecule has 0 spiro atoms. The predicted molar refractivity (Wildman–Crippen MR) is 126 cm³/mol. The molecule has 0 aromatic carbocycles. The van der Waals surface area contributed by atoms with Crippen LogP contribution in [0.4, 0.5) is 0 Å². The fourth-order valence-electron chi connectivity index (χ4n) is 3.81. The van der Waals surface area contributed by atoms with Crippen LogP contribution in [0.15, 0.2) is 0 Å². The number of amides is 1. The highest BCUT2D eigenvalue weighted by Gasteiger charge is 2.24. The van der Waals surface area contributed by atoms with Gasteiger partial charge < -0.3 is 10.1 Å². The zero-order valence-electron chi connectivity index (χ0n) is 20.6. The molecule has 0 aromatic rings. The Labute approximate surface area is 186 Å². The van der Waals surface area contributed by atoms with Crippen molar-refractivity contribution in [3.8, 4) is 0 Å². The van der Waals surface area contributed by atoms with Crippen molar-refractivity contribution in [2.75, 3.05) is 14.1 Å². The van der Waals surface area contributed by atoms with Crippen LogP contribution in [0.25, 0.3) is 0 Å². The van der Waals surface area contributed by atoms with Gasteiger partial charge in [0, 0.05) is 6.92 Å². The van der Waals surface area contributed by atoms with Crippen molar-refractivity contribution >= 4 is 11.9 Å². The van der Waals surface area contributed by atoms with Gasteiger partial charge in [-0.25, -0.2) is 4.79 Å². The summed E-state index contributed by atoms with van der Waals surface area (Å²) in [7, 11) is 3.78. The zero-order chi connectivity index (χ0) is 22.6. The lowest BCUT2D eigenvalue weighted by Gasteiger charge is -2.25. The molecule has 2 unspecified atom stereocenters. The van der Waals surface area contributed by atoms with E-state index in [1.807, 2.05) is 25.9 Å². The second-order valence-electron chi connectivity index (χ2n) is 8.90. The Balaban J connectivity index is 3.82. The summed E-state index contributed by atoms with van der Waals surface area (Å²) in [5, 5.41) is 2.76. The number of nitrogens with one attached hydrogen (secondary N) is 1. The number of unbranched alkanes of at least 4 members (excludes halogenated alkanes) is 13. The maximum atomic E-state index is 12.5. The van der Waals surface area contributed by atoms with E-state index >= 15 is 0 Å². The van der Waals surface area contributed by atoms with Crippen LogP contribution in [0.5, 0.6) is 0 Å². The Bertz CT molecular complexity index is 427. The third-order valence-electron chi connectivity index (χ3n) is 5.69. The first kappa shape index (κ1) is 28.9. The molecule has 178 valence electrons. The van der Waals surface area contributed by atoms with Gasteiger partial charge in [-0.15, -0.1) is 0 Å². The molecule has 0 saturated heterocycles. The SMILES string of the molecule is CCCCCCCCCCCCCCCCC(NC(C)=O)C(=O)OC(CC)N(C)C. The summed E-state index contributed by atoms with van der Waals surface area (Å²) in [4.78, 5) is 25.8. The second-order valence-corrected chi connectivity index (χ2v) is 8.90. The van der Waals surface area contributed by atoms with Gasteiger partial charge in [0.05, 0.1) is 0 Å². The van der Waals surface area contributed by atoms with Gasteiger partial charge in [-0.3, -0.25) is 9.69 Å². The van der Waals surface area contributed by atoms with E-state index in [9.17, 15) is 9.59 Å². The number of hydrogen-bond acceptors (Lipinski definition) is 4. The number of esters is 1. The quantitative estimate of drug-likeness (QED) is 0.143. The zero-order valence-corrected chi connectivity index (χ0v) is 20.6. The van der Waals surface area contributed by atoms with Crippen LogP contribution < -0.4 is 5.32 Å². The standard InChI is InChI=1S/C25H50N2O3/c1-6-8-9-10-11-12-13-14-15-16-17-18-19-20-21-23(26-22(3)28)25(29)30-24(7-2)27(4)5/h23-24H,6-21H2,1-5H3,(H,26,28). The van der Waals surface area contributed by atoms with Crippen molar-refractivity contribution in [1.82, 2.24) is 10.2 Å². The van der Waals surface area contributed by atoms with E-state index in [1.54, 1.807) is 0 Å². The molecule has 0 aliphatic rings. The minimum absolute atomic E-state index is 0.180. The molecule has 0 saturated carbocycles. The molecular weight excluding hydrogens is 376 g/mol. The molecule has 2 atom stereocenters. The summed E-state index contributed by atoms with van der Waals surface area (Å²) in [5.41, 5.74) is 0. The lowest BCUT2D eigenvalue weighted by Crippen LogP contribution is -2.44. The largest absolute Gasteiger partial charge is 0.445 e. The van der Waals surface area contributed by atoms with Crippen LogP contribution in [0.3, 0.4) is 0 Å². The van der Waals surface area contributed by atoms with Gasteiger partial charge in [0.25, 0.3) is 0 Å². The van der Waals surface area contributed by atoms with E-state index in [0.717, 1.165) is 19.3 Å². The highest BCUT2D eigenvalue weighted by atomic mass is 16.6. The highest BCUT2D eigenvalue weighted by molar-refractivity contribution is 5.83. The third kappa shape index (κ3) is 16.7. The molecule has 0 bridgehead atoms. The van der Waals surface area contributed by atoms with Crippen LogP contribution in [0, 0.1) is 0 Å². The van der Waals surface area contributed by atoms with Gasteiger partial charge in [-0.1, -0.05) is 104 Å². The van der Waals surface area contributed by atoms with E-state index in [0.29, 0.717) is 6.42 Å². The van der Waals surface area contributed by atoms with Crippen LogP contribution >= 0.6 is 0 Å². The Morgan fingerprint density at radius 1 is 0.767 bits per heavy atom. The summed E-state index contributed by atoms with van der Waals surface area (Å²) in [5.74, 6) is -0.499. The van der Waals surface area contributed by atoms with Gasteiger partial charge >= 0.3 is 5.97 Å². The lowest BCUT2D eigenvalue weighted by atomic mass is 10.0. The van der Waals surface area contributed by atoms with Crippen molar-refractivity contribution in [2.24, 2.45) is 0 Å². The lowest BCUT2D eigenvalue weighted by molar-refractivity contribution is -0.161. The first-order chi connectivity index (χ1) is 14.4. The van der Waals surface area contributed by atoms with E-state index in [-0.39, 0.29) is 18.1 Å².